The molecule has 0 aromatic rings. The smallest absolute Gasteiger partial charge is 0.321 e. The Balaban J connectivity index is 2.29. The number of urea groups is 1. The molecule has 0 saturated carbocycles. The summed E-state index contributed by atoms with van der Waals surface area (Å²) in [5.41, 5.74) is -0.545. The van der Waals surface area contributed by atoms with Gasteiger partial charge in [0, 0.05) is 33.0 Å². The van der Waals surface area contributed by atoms with Crippen LogP contribution in [0.25, 0.3) is 0 Å². The van der Waals surface area contributed by atoms with E-state index >= 15 is 0 Å². The van der Waals surface area contributed by atoms with Crippen molar-refractivity contribution in [3.8, 4) is 0 Å². The van der Waals surface area contributed by atoms with Crippen LogP contribution in [-0.4, -0.2) is 55.5 Å². The minimum absolute atomic E-state index is 0.0156. The normalized spacial score (nSPS) is 22.6. The number of ether oxygens (including phenoxy) is 2. The van der Waals surface area contributed by atoms with E-state index in [4.69, 9.17) is 14.6 Å². The van der Waals surface area contributed by atoms with E-state index in [1.807, 2.05) is 0 Å². The lowest BCUT2D eigenvalue weighted by molar-refractivity contribution is -0.138. The number of hydrogen-bond acceptors (Lipinski definition) is 5. The van der Waals surface area contributed by atoms with Gasteiger partial charge in [-0.05, 0) is 5.92 Å². The second-order valence-corrected chi connectivity index (χ2v) is 5.33. The number of methoxy groups -OCH3 is 1. The second-order valence-electron chi connectivity index (χ2n) is 5.33. The molecule has 1 aliphatic heterocycles. The molecule has 8 heteroatoms. The quantitative estimate of drug-likeness (QED) is 0.615. The van der Waals surface area contributed by atoms with Crippen molar-refractivity contribution in [2.24, 2.45) is 5.92 Å². The third-order valence-electron chi connectivity index (χ3n) is 3.38. The maximum Gasteiger partial charge on any atom is 0.321 e. The summed E-state index contributed by atoms with van der Waals surface area (Å²) in [6, 6.07) is -0.620. The number of aliphatic carboxylic acids is 1. The van der Waals surface area contributed by atoms with Gasteiger partial charge in [0.2, 0.25) is 5.91 Å². The van der Waals surface area contributed by atoms with Gasteiger partial charge in [0.05, 0.1) is 13.2 Å². The van der Waals surface area contributed by atoms with E-state index in [0.717, 1.165) is 0 Å². The summed E-state index contributed by atoms with van der Waals surface area (Å²) in [6.07, 6.45) is 0.546. The van der Waals surface area contributed by atoms with Crippen LogP contribution < -0.4 is 10.6 Å². The molecule has 8 nitrogen and oxygen atoms in total. The lowest BCUT2D eigenvalue weighted by atomic mass is 10.0. The topological polar surface area (TPSA) is 114 Å². The molecule has 1 saturated heterocycles. The van der Waals surface area contributed by atoms with E-state index < -0.39 is 23.5 Å². The first-order chi connectivity index (χ1) is 9.87. The maximum atomic E-state index is 11.6. The molecule has 1 heterocycles. The second kappa shape index (κ2) is 7.94. The molecule has 0 spiro atoms. The number of hydrogen-bond donors (Lipinski definition) is 3. The van der Waals surface area contributed by atoms with Crippen molar-refractivity contribution < 1.29 is 29.0 Å². The zero-order valence-electron chi connectivity index (χ0n) is 12.3. The van der Waals surface area contributed by atoms with E-state index in [1.165, 1.54) is 0 Å². The van der Waals surface area contributed by atoms with Crippen molar-refractivity contribution in [3.63, 3.8) is 0 Å². The molecule has 3 amide bonds. The van der Waals surface area contributed by atoms with Crippen LogP contribution >= 0.6 is 0 Å². The highest BCUT2D eigenvalue weighted by Gasteiger charge is 2.35. The Kier molecular flexibility index (Phi) is 6.57. The average Bonchev–Trinajstić information content (AvgIpc) is 2.84. The molecule has 0 aliphatic carbocycles. The van der Waals surface area contributed by atoms with Crippen LogP contribution in [0, 0.1) is 5.92 Å². The van der Waals surface area contributed by atoms with E-state index in [2.05, 4.69) is 10.6 Å². The minimum Gasteiger partial charge on any atom is -0.481 e. The lowest BCUT2D eigenvalue weighted by Crippen LogP contribution is -2.49. The zero-order chi connectivity index (χ0) is 15.9. The van der Waals surface area contributed by atoms with Gasteiger partial charge in [0.15, 0.2) is 0 Å². The number of amides is 3. The molecular weight excluding hydrogens is 280 g/mol. The Morgan fingerprint density at radius 2 is 2.10 bits per heavy atom. The summed E-state index contributed by atoms with van der Waals surface area (Å²) >= 11 is 0. The first-order valence-corrected chi connectivity index (χ1v) is 6.79. The Hall–Kier alpha value is -1.67. The Bertz CT molecular complexity index is 392. The fourth-order valence-corrected chi connectivity index (χ4v) is 2.11. The van der Waals surface area contributed by atoms with Crippen LogP contribution in [0.4, 0.5) is 4.79 Å². The van der Waals surface area contributed by atoms with Gasteiger partial charge in [0.1, 0.15) is 5.60 Å². The number of carboxylic acids is 1. The molecule has 0 aromatic heterocycles. The van der Waals surface area contributed by atoms with Gasteiger partial charge < -0.3 is 19.9 Å². The molecule has 0 radical (unpaired) electrons. The molecule has 0 aromatic carbocycles. The largest absolute Gasteiger partial charge is 0.481 e. The minimum atomic E-state index is -0.969. The molecule has 2 unspecified atom stereocenters. The summed E-state index contributed by atoms with van der Waals surface area (Å²) in [4.78, 5) is 33.7. The summed E-state index contributed by atoms with van der Waals surface area (Å²) in [5, 5.41) is 13.3. The highest BCUT2D eigenvalue weighted by molar-refractivity contribution is 5.94. The van der Waals surface area contributed by atoms with Crippen LogP contribution in [-0.2, 0) is 19.1 Å². The highest BCUT2D eigenvalue weighted by atomic mass is 16.5. The zero-order valence-corrected chi connectivity index (χ0v) is 12.3. The average molecular weight is 302 g/mol. The first kappa shape index (κ1) is 17.4. The standard InChI is InChI=1S/C13H22N2O6/c1-9(6-11(17)18)5-10(16)15-12(19)14-7-13(20-2)3-4-21-8-13/h9H,3-8H2,1-2H3,(H,17,18)(H2,14,15,16,19). The van der Waals surface area contributed by atoms with Gasteiger partial charge in [0.25, 0.3) is 0 Å². The molecule has 1 rings (SSSR count). The van der Waals surface area contributed by atoms with Crippen LogP contribution in [0.5, 0.6) is 0 Å². The van der Waals surface area contributed by atoms with E-state index in [1.54, 1.807) is 14.0 Å². The number of rotatable bonds is 7. The molecule has 0 bridgehead atoms. The van der Waals surface area contributed by atoms with E-state index in [0.29, 0.717) is 19.6 Å². The van der Waals surface area contributed by atoms with Crippen LogP contribution in [0.1, 0.15) is 26.2 Å². The summed E-state index contributed by atoms with van der Waals surface area (Å²) in [5.74, 6) is -1.80. The molecule has 1 fully saturated rings. The van der Waals surface area contributed by atoms with Crippen LogP contribution in [0.15, 0.2) is 0 Å². The Labute approximate surface area is 123 Å². The fraction of sp³-hybridized carbons (Fsp3) is 0.769. The van der Waals surface area contributed by atoms with Gasteiger partial charge in [-0.25, -0.2) is 4.79 Å². The number of imide groups is 1. The SMILES string of the molecule is COC1(CNC(=O)NC(=O)CC(C)CC(=O)O)CCOC1. The Morgan fingerprint density at radius 1 is 1.38 bits per heavy atom. The number of carbonyl (C=O) groups excluding carboxylic acids is 2. The number of carboxylic acid groups (broad SMARTS) is 1. The van der Waals surface area contributed by atoms with E-state index in [9.17, 15) is 14.4 Å². The van der Waals surface area contributed by atoms with Gasteiger partial charge in [-0.1, -0.05) is 6.92 Å². The molecular formula is C13H22N2O6. The van der Waals surface area contributed by atoms with Crippen molar-refractivity contribution in [2.75, 3.05) is 26.9 Å². The predicted molar refractivity (Wildman–Crippen MR) is 72.8 cm³/mol. The van der Waals surface area contributed by atoms with Crippen molar-refractivity contribution in [2.45, 2.75) is 31.8 Å². The molecule has 21 heavy (non-hydrogen) atoms. The highest BCUT2D eigenvalue weighted by Crippen LogP contribution is 2.21. The molecule has 120 valence electrons. The third-order valence-corrected chi connectivity index (χ3v) is 3.38. The van der Waals surface area contributed by atoms with Crippen molar-refractivity contribution in [1.29, 1.82) is 0 Å². The fourth-order valence-electron chi connectivity index (χ4n) is 2.11. The van der Waals surface area contributed by atoms with E-state index in [-0.39, 0.29) is 25.3 Å². The van der Waals surface area contributed by atoms with Crippen molar-refractivity contribution in [3.05, 3.63) is 0 Å². The maximum absolute atomic E-state index is 11.6. The van der Waals surface area contributed by atoms with Gasteiger partial charge in [-0.2, -0.15) is 0 Å². The Morgan fingerprint density at radius 3 is 2.62 bits per heavy atom. The first-order valence-electron chi connectivity index (χ1n) is 6.79. The predicted octanol–water partition coefficient (Wildman–Crippen LogP) is 0.119. The summed E-state index contributed by atoms with van der Waals surface area (Å²) < 4.78 is 10.6. The molecule has 1 aliphatic rings. The van der Waals surface area contributed by atoms with Crippen LogP contribution in [0.2, 0.25) is 0 Å². The molecule has 3 N–H and O–H groups in total. The van der Waals surface area contributed by atoms with Gasteiger partial charge >= 0.3 is 12.0 Å². The number of carbonyl (C=O) groups is 3. The van der Waals surface area contributed by atoms with Crippen LogP contribution in [0.3, 0.4) is 0 Å². The summed E-state index contributed by atoms with van der Waals surface area (Å²) in [7, 11) is 1.55. The van der Waals surface area contributed by atoms with Crippen molar-refractivity contribution >= 4 is 17.9 Å². The molecule has 2 atom stereocenters. The van der Waals surface area contributed by atoms with Crippen molar-refractivity contribution in [1.82, 2.24) is 10.6 Å². The summed E-state index contributed by atoms with van der Waals surface area (Å²) in [6.45, 7) is 2.85. The van der Waals surface area contributed by atoms with Gasteiger partial charge in [-0.15, -0.1) is 0 Å². The monoisotopic (exact) mass is 302 g/mol. The number of nitrogens with one attached hydrogen (secondary N) is 2. The van der Waals surface area contributed by atoms with Gasteiger partial charge in [-0.3, -0.25) is 14.9 Å². The lowest BCUT2D eigenvalue weighted by Gasteiger charge is -2.25. The third kappa shape index (κ3) is 6.09.